The monoisotopic (exact) mass is 147 g/mol. The highest BCUT2D eigenvalue weighted by Gasteiger charge is 2.18. The van der Waals surface area contributed by atoms with Crippen molar-refractivity contribution in [2.45, 2.75) is 19.9 Å². The van der Waals surface area contributed by atoms with E-state index in [1.54, 1.807) is 13.8 Å². The average molecular weight is 147 g/mol. The summed E-state index contributed by atoms with van der Waals surface area (Å²) in [4.78, 5) is 10.1. The van der Waals surface area contributed by atoms with Gasteiger partial charge in [0, 0.05) is 0 Å². The molecule has 0 rings (SSSR count). The third-order valence-electron chi connectivity index (χ3n) is 1.54. The molecule has 0 radical (unpaired) electrons. The zero-order valence-electron chi connectivity index (χ0n) is 6.50. The molecule has 0 bridgehead atoms. The van der Waals surface area contributed by atoms with Gasteiger partial charge in [0.25, 0.3) is 0 Å². The summed E-state index contributed by atoms with van der Waals surface area (Å²) < 4.78 is -0.713. The average Bonchev–Trinajstić information content (AvgIpc) is 1.60. The van der Waals surface area contributed by atoms with Gasteiger partial charge in [0.1, 0.15) is 0 Å². The number of nitrogens with zero attached hydrogens (tertiary/aromatic N) is 1. The van der Waals surface area contributed by atoms with Gasteiger partial charge in [-0.15, -0.1) is 0 Å². The normalized spacial score (nSPS) is 16.9. The van der Waals surface area contributed by atoms with E-state index in [4.69, 9.17) is 5.11 Å². The topological polar surface area (TPSA) is 60.4 Å². The zero-order valence-corrected chi connectivity index (χ0v) is 6.50. The highest BCUT2D eigenvalue weighted by atomic mass is 16.5. The number of aliphatic carboxylic acids is 1. The molecule has 0 aliphatic carbocycles. The molecule has 4 heteroatoms. The predicted molar refractivity (Wildman–Crippen MR) is 37.2 cm³/mol. The molecule has 0 aromatic heterocycles. The van der Waals surface area contributed by atoms with E-state index in [2.05, 4.69) is 0 Å². The molecule has 1 atom stereocenters. The van der Waals surface area contributed by atoms with Crippen LogP contribution in [0.2, 0.25) is 0 Å². The zero-order chi connectivity index (χ0) is 8.36. The highest BCUT2D eigenvalue weighted by molar-refractivity contribution is 5.67. The number of likely N-dealkylation sites (N-methyl/N-ethyl adjacent to an activating group) is 1. The van der Waals surface area contributed by atoms with E-state index in [0.29, 0.717) is 0 Å². The molecule has 0 aliphatic heterocycles. The minimum absolute atomic E-state index is 0.198. The fraction of sp³-hybridized carbons (Fsp3) is 0.833. The van der Waals surface area contributed by atoms with Crippen LogP contribution in [-0.2, 0) is 4.79 Å². The van der Waals surface area contributed by atoms with Crippen molar-refractivity contribution >= 4 is 5.97 Å². The largest absolute Gasteiger partial charge is 0.632 e. The second-order valence-corrected chi connectivity index (χ2v) is 2.82. The molecular weight excluding hydrogens is 134 g/mol. The summed E-state index contributed by atoms with van der Waals surface area (Å²) in [6.07, 6.45) is 0. The van der Waals surface area contributed by atoms with Crippen molar-refractivity contribution in [1.29, 1.82) is 0 Å². The lowest BCUT2D eigenvalue weighted by molar-refractivity contribution is -0.875. The van der Waals surface area contributed by atoms with Crippen LogP contribution in [0.15, 0.2) is 0 Å². The van der Waals surface area contributed by atoms with E-state index in [1.807, 2.05) is 0 Å². The molecule has 4 nitrogen and oxygen atoms in total. The van der Waals surface area contributed by atoms with Crippen molar-refractivity contribution in [1.82, 2.24) is 0 Å². The number of hydrogen-bond donors (Lipinski definition) is 1. The summed E-state index contributed by atoms with van der Waals surface area (Å²) in [5.74, 6) is -1.05. The third-order valence-corrected chi connectivity index (χ3v) is 1.54. The molecule has 10 heavy (non-hydrogen) atoms. The molecule has 60 valence electrons. The van der Waals surface area contributed by atoms with Crippen molar-refractivity contribution in [2.75, 3.05) is 13.6 Å². The summed E-state index contributed by atoms with van der Waals surface area (Å²) in [5.41, 5.74) is 0. The van der Waals surface area contributed by atoms with Crippen molar-refractivity contribution in [2.24, 2.45) is 0 Å². The maximum absolute atomic E-state index is 11.2. The number of rotatable bonds is 3. The predicted octanol–water partition coefficient (Wildman–Crippen LogP) is 0.424. The molecule has 0 spiro atoms. The van der Waals surface area contributed by atoms with Gasteiger partial charge in [-0.05, 0) is 13.8 Å². The lowest BCUT2D eigenvalue weighted by Crippen LogP contribution is -2.47. The molecule has 1 unspecified atom stereocenters. The first kappa shape index (κ1) is 9.39. The van der Waals surface area contributed by atoms with Gasteiger partial charge in [0.2, 0.25) is 0 Å². The van der Waals surface area contributed by atoms with Gasteiger partial charge in [-0.1, -0.05) is 0 Å². The van der Waals surface area contributed by atoms with Crippen LogP contribution < -0.4 is 0 Å². The van der Waals surface area contributed by atoms with Crippen LogP contribution in [-0.4, -0.2) is 35.4 Å². The highest BCUT2D eigenvalue weighted by Crippen LogP contribution is 2.05. The van der Waals surface area contributed by atoms with E-state index in [9.17, 15) is 10.0 Å². The molecule has 0 fully saturated rings. The van der Waals surface area contributed by atoms with Crippen LogP contribution in [0.5, 0.6) is 0 Å². The van der Waals surface area contributed by atoms with Crippen LogP contribution >= 0.6 is 0 Å². The fourth-order valence-corrected chi connectivity index (χ4v) is 0.451. The third kappa shape index (κ3) is 2.80. The molecule has 0 heterocycles. The summed E-state index contributed by atoms with van der Waals surface area (Å²) in [7, 11) is 1.36. The van der Waals surface area contributed by atoms with Crippen LogP contribution in [0.1, 0.15) is 13.8 Å². The first-order valence-corrected chi connectivity index (χ1v) is 3.14. The molecule has 1 N–H and O–H groups in total. The molecule has 0 aliphatic rings. The molecule has 0 aromatic rings. The Balaban J connectivity index is 3.99. The Bertz CT molecular complexity index is 131. The Kier molecular flexibility index (Phi) is 2.80. The van der Waals surface area contributed by atoms with Gasteiger partial charge in [-0.25, -0.2) is 4.79 Å². The second kappa shape index (κ2) is 2.98. The first-order chi connectivity index (χ1) is 4.36. The minimum atomic E-state index is -1.05. The summed E-state index contributed by atoms with van der Waals surface area (Å²) in [5, 5.41) is 19.5. The van der Waals surface area contributed by atoms with Crippen LogP contribution in [0, 0.1) is 5.21 Å². The number of carboxylic acids is 1. The van der Waals surface area contributed by atoms with Crippen LogP contribution in [0.25, 0.3) is 0 Å². The standard InChI is InChI=1S/C6H13NO3/c1-5(2)7(3,10)4-6(8)9/h5H,4H2,1-3H3,(H,8,9). The Morgan fingerprint density at radius 2 is 2.10 bits per heavy atom. The second-order valence-electron chi connectivity index (χ2n) is 2.82. The molecule has 0 aromatic carbocycles. The van der Waals surface area contributed by atoms with Gasteiger partial charge < -0.3 is 15.0 Å². The Morgan fingerprint density at radius 1 is 1.70 bits per heavy atom. The van der Waals surface area contributed by atoms with Crippen molar-refractivity contribution in [3.05, 3.63) is 5.21 Å². The maximum Gasteiger partial charge on any atom is 0.359 e. The quantitative estimate of drug-likeness (QED) is 0.465. The van der Waals surface area contributed by atoms with Crippen LogP contribution in [0.3, 0.4) is 0 Å². The summed E-state index contributed by atoms with van der Waals surface area (Å²) in [6, 6.07) is -0.198. The fourth-order valence-electron chi connectivity index (χ4n) is 0.451. The first-order valence-electron chi connectivity index (χ1n) is 3.14. The molecule has 0 amide bonds. The Hall–Kier alpha value is -0.610. The van der Waals surface area contributed by atoms with Gasteiger partial charge in [-0.3, -0.25) is 0 Å². The number of carbonyl (C=O) groups is 1. The molecular formula is C6H13NO3. The smallest absolute Gasteiger partial charge is 0.359 e. The van der Waals surface area contributed by atoms with Crippen LogP contribution in [0.4, 0.5) is 0 Å². The molecule has 0 saturated heterocycles. The van der Waals surface area contributed by atoms with Crippen molar-refractivity contribution < 1.29 is 14.5 Å². The van der Waals surface area contributed by atoms with Gasteiger partial charge in [0.05, 0.1) is 13.1 Å². The number of hydroxylamine groups is 3. The van der Waals surface area contributed by atoms with E-state index < -0.39 is 10.6 Å². The number of quaternary nitrogens is 1. The van der Waals surface area contributed by atoms with Crippen molar-refractivity contribution in [3.8, 4) is 0 Å². The molecule has 0 saturated carbocycles. The van der Waals surface area contributed by atoms with Crippen molar-refractivity contribution in [3.63, 3.8) is 0 Å². The Morgan fingerprint density at radius 3 is 2.20 bits per heavy atom. The number of hydrogen-bond acceptors (Lipinski definition) is 2. The SMILES string of the molecule is CC(C)[N+](C)([O-])CC(=O)O. The maximum atomic E-state index is 11.2. The summed E-state index contributed by atoms with van der Waals surface area (Å²) >= 11 is 0. The van der Waals surface area contributed by atoms with Gasteiger partial charge in [-0.2, -0.15) is 0 Å². The summed E-state index contributed by atoms with van der Waals surface area (Å²) in [6.45, 7) is 3.05. The van der Waals surface area contributed by atoms with E-state index in [1.165, 1.54) is 7.05 Å². The van der Waals surface area contributed by atoms with E-state index in [-0.39, 0.29) is 12.6 Å². The Labute approximate surface area is 60.2 Å². The lowest BCUT2D eigenvalue weighted by atomic mass is 10.3. The van der Waals surface area contributed by atoms with Gasteiger partial charge >= 0.3 is 5.97 Å². The minimum Gasteiger partial charge on any atom is -0.632 e. The van der Waals surface area contributed by atoms with E-state index >= 15 is 0 Å². The lowest BCUT2D eigenvalue weighted by Gasteiger charge is -2.40. The van der Waals surface area contributed by atoms with E-state index in [0.717, 1.165) is 0 Å². The number of carboxylic acid groups (broad SMARTS) is 1. The van der Waals surface area contributed by atoms with Gasteiger partial charge in [0.15, 0.2) is 6.54 Å².